The summed E-state index contributed by atoms with van der Waals surface area (Å²) in [6.45, 7) is 1.50. The van der Waals surface area contributed by atoms with E-state index in [0.717, 1.165) is 18.7 Å². The molecule has 25 heavy (non-hydrogen) atoms. The third-order valence-electron chi connectivity index (χ3n) is 4.82. The molecule has 2 aliphatic rings. The topological polar surface area (TPSA) is 93.3 Å². The quantitative estimate of drug-likeness (QED) is 0.782. The number of hydrogen-bond acceptors (Lipinski definition) is 5. The molecule has 0 N–H and O–H groups in total. The molecule has 2 fully saturated rings. The molecule has 1 amide bonds. The highest BCUT2D eigenvalue weighted by molar-refractivity contribution is 7.89. The van der Waals surface area contributed by atoms with Crippen LogP contribution >= 0.6 is 0 Å². The molecular weight excluding hydrogens is 344 g/mol. The van der Waals surface area contributed by atoms with Crippen LogP contribution in [0.5, 0.6) is 0 Å². The molecule has 0 aromatic carbocycles. The number of anilines is 1. The van der Waals surface area contributed by atoms with Gasteiger partial charge in [-0.15, -0.1) is 0 Å². The van der Waals surface area contributed by atoms with E-state index in [2.05, 4.69) is 10.1 Å². The van der Waals surface area contributed by atoms with Crippen LogP contribution in [0.2, 0.25) is 0 Å². The number of aryl methyl sites for hydroxylation is 1. The number of rotatable bonds is 4. The van der Waals surface area contributed by atoms with Crippen molar-refractivity contribution in [3.05, 3.63) is 24.8 Å². The second-order valence-electron chi connectivity index (χ2n) is 6.45. The van der Waals surface area contributed by atoms with Crippen LogP contribution in [0.4, 0.5) is 5.69 Å². The Balaban J connectivity index is 1.51. The highest BCUT2D eigenvalue weighted by Crippen LogP contribution is 2.28. The van der Waals surface area contributed by atoms with Gasteiger partial charge in [-0.05, 0) is 12.8 Å². The van der Waals surface area contributed by atoms with Crippen molar-refractivity contribution >= 4 is 21.6 Å². The van der Waals surface area contributed by atoms with Gasteiger partial charge >= 0.3 is 0 Å². The van der Waals surface area contributed by atoms with Gasteiger partial charge in [0.1, 0.15) is 0 Å². The molecular formula is C15H20N6O3S. The Morgan fingerprint density at radius 2 is 2.12 bits per heavy atom. The largest absolute Gasteiger partial charge is 0.324 e. The summed E-state index contributed by atoms with van der Waals surface area (Å²) in [5.74, 6) is 0.116. The highest BCUT2D eigenvalue weighted by atomic mass is 32.2. The lowest BCUT2D eigenvalue weighted by molar-refractivity contribution is -0.117. The van der Waals surface area contributed by atoms with Crippen molar-refractivity contribution in [3.8, 4) is 0 Å². The first-order valence-corrected chi connectivity index (χ1v) is 9.73. The maximum atomic E-state index is 12.7. The van der Waals surface area contributed by atoms with Crippen molar-refractivity contribution in [2.45, 2.75) is 30.5 Å². The van der Waals surface area contributed by atoms with Crippen LogP contribution in [0.25, 0.3) is 0 Å². The zero-order valence-electron chi connectivity index (χ0n) is 13.9. The number of hydrogen-bond donors (Lipinski definition) is 0. The average molecular weight is 364 g/mol. The van der Waals surface area contributed by atoms with E-state index < -0.39 is 10.0 Å². The van der Waals surface area contributed by atoms with Crippen molar-refractivity contribution in [2.24, 2.45) is 7.05 Å². The molecule has 0 bridgehead atoms. The van der Waals surface area contributed by atoms with E-state index in [0.29, 0.717) is 25.9 Å². The summed E-state index contributed by atoms with van der Waals surface area (Å²) in [5.41, 5.74) is 0.785. The van der Waals surface area contributed by atoms with Crippen LogP contribution in [0, 0.1) is 0 Å². The van der Waals surface area contributed by atoms with Crippen molar-refractivity contribution < 1.29 is 13.2 Å². The first-order chi connectivity index (χ1) is 12.0. The molecule has 0 saturated carbocycles. The number of sulfonamides is 1. The molecule has 0 spiro atoms. The molecule has 2 aliphatic heterocycles. The summed E-state index contributed by atoms with van der Waals surface area (Å²) in [7, 11) is -1.94. The predicted molar refractivity (Wildman–Crippen MR) is 89.4 cm³/mol. The van der Waals surface area contributed by atoms with Crippen LogP contribution < -0.4 is 4.90 Å². The Morgan fingerprint density at radius 3 is 2.80 bits per heavy atom. The van der Waals surface area contributed by atoms with Gasteiger partial charge in [0, 0.05) is 51.7 Å². The van der Waals surface area contributed by atoms with E-state index in [9.17, 15) is 13.2 Å². The molecule has 4 rings (SSSR count). The lowest BCUT2D eigenvalue weighted by Gasteiger charge is -2.16. The number of nitrogens with zero attached hydrogens (tertiary/aromatic N) is 6. The zero-order chi connectivity index (χ0) is 17.6. The van der Waals surface area contributed by atoms with Crippen LogP contribution in [0.3, 0.4) is 0 Å². The maximum absolute atomic E-state index is 12.7. The first kappa shape index (κ1) is 16.3. The second kappa shape index (κ2) is 5.95. The van der Waals surface area contributed by atoms with Crippen molar-refractivity contribution in [1.82, 2.24) is 23.6 Å². The zero-order valence-corrected chi connectivity index (χ0v) is 14.8. The van der Waals surface area contributed by atoms with Gasteiger partial charge < -0.3 is 9.47 Å². The summed E-state index contributed by atoms with van der Waals surface area (Å²) < 4.78 is 30.1. The lowest BCUT2D eigenvalue weighted by Crippen LogP contribution is -2.31. The van der Waals surface area contributed by atoms with Crippen LogP contribution in [0.15, 0.2) is 29.9 Å². The summed E-state index contributed by atoms with van der Waals surface area (Å²) in [6.07, 6.45) is 8.73. The minimum absolute atomic E-state index is 0.0403. The molecule has 0 radical (unpaired) electrons. The fourth-order valence-corrected chi connectivity index (χ4v) is 5.01. The maximum Gasteiger partial charge on any atom is 0.277 e. The minimum atomic E-state index is -3.61. The fraction of sp³-hybridized carbons (Fsp3) is 0.533. The number of carbonyl (C=O) groups excluding carboxylic acids is 1. The molecule has 1 atom stereocenters. The van der Waals surface area contributed by atoms with Gasteiger partial charge in [0.05, 0.1) is 17.9 Å². The van der Waals surface area contributed by atoms with E-state index in [1.54, 1.807) is 29.0 Å². The molecule has 4 heterocycles. The van der Waals surface area contributed by atoms with E-state index in [4.69, 9.17) is 0 Å². The molecule has 2 saturated heterocycles. The summed E-state index contributed by atoms with van der Waals surface area (Å²) >= 11 is 0. The van der Waals surface area contributed by atoms with E-state index in [1.807, 2.05) is 6.20 Å². The number of amides is 1. The molecule has 134 valence electrons. The molecule has 9 nitrogen and oxygen atoms in total. The molecule has 2 aromatic rings. The van der Waals surface area contributed by atoms with Crippen molar-refractivity contribution in [2.75, 3.05) is 24.5 Å². The number of aromatic nitrogens is 4. The van der Waals surface area contributed by atoms with Gasteiger partial charge in [0.2, 0.25) is 11.1 Å². The third-order valence-corrected chi connectivity index (χ3v) is 6.69. The Bertz CT molecular complexity index is 902. The van der Waals surface area contributed by atoms with Gasteiger partial charge in [0.15, 0.2) is 0 Å². The normalized spacial score (nSPS) is 22.2. The standard InChI is InChI=1S/C15H20N6O3S/c1-18-8-5-16-15(18)25(23,24)19-7-4-12(10-19)21-11-13(9-17-21)20-6-2-3-14(20)22/h5,8-9,11-12H,2-4,6-7,10H2,1H3. The van der Waals surface area contributed by atoms with E-state index >= 15 is 0 Å². The summed E-state index contributed by atoms with van der Waals surface area (Å²) in [5, 5.41) is 4.41. The molecule has 1 unspecified atom stereocenters. The average Bonchev–Trinajstić information content (AvgIpc) is 3.33. The van der Waals surface area contributed by atoms with E-state index in [1.165, 1.54) is 15.1 Å². The Morgan fingerprint density at radius 1 is 1.28 bits per heavy atom. The van der Waals surface area contributed by atoms with Crippen LogP contribution in [-0.4, -0.2) is 57.6 Å². The van der Waals surface area contributed by atoms with Gasteiger partial charge in [0.25, 0.3) is 10.0 Å². The lowest BCUT2D eigenvalue weighted by atomic mass is 10.3. The Kier molecular flexibility index (Phi) is 3.88. The fourth-order valence-electron chi connectivity index (χ4n) is 3.45. The number of imidazole rings is 1. The van der Waals surface area contributed by atoms with Gasteiger partial charge in [-0.3, -0.25) is 9.48 Å². The molecule has 2 aromatic heterocycles. The van der Waals surface area contributed by atoms with Crippen molar-refractivity contribution in [3.63, 3.8) is 0 Å². The minimum Gasteiger partial charge on any atom is -0.324 e. The van der Waals surface area contributed by atoms with Crippen LogP contribution in [0.1, 0.15) is 25.3 Å². The van der Waals surface area contributed by atoms with E-state index in [-0.39, 0.29) is 17.1 Å². The highest BCUT2D eigenvalue weighted by Gasteiger charge is 2.36. The van der Waals surface area contributed by atoms with Gasteiger partial charge in [-0.2, -0.15) is 9.40 Å². The number of carbonyl (C=O) groups is 1. The SMILES string of the molecule is Cn1ccnc1S(=O)(=O)N1CCC(n2cc(N3CCCC3=O)cn2)C1. The predicted octanol–water partition coefficient (Wildman–Crippen LogP) is 0.379. The third kappa shape index (κ3) is 2.74. The second-order valence-corrected chi connectivity index (χ2v) is 8.29. The smallest absolute Gasteiger partial charge is 0.277 e. The summed E-state index contributed by atoms with van der Waals surface area (Å²) in [6, 6.07) is -0.0403. The van der Waals surface area contributed by atoms with Gasteiger partial charge in [-0.25, -0.2) is 13.4 Å². The van der Waals surface area contributed by atoms with Gasteiger partial charge in [-0.1, -0.05) is 0 Å². The Labute approximate surface area is 145 Å². The monoisotopic (exact) mass is 364 g/mol. The van der Waals surface area contributed by atoms with Crippen LogP contribution in [-0.2, 0) is 21.9 Å². The molecule has 0 aliphatic carbocycles. The summed E-state index contributed by atoms with van der Waals surface area (Å²) in [4.78, 5) is 17.5. The Hall–Kier alpha value is -2.20. The first-order valence-electron chi connectivity index (χ1n) is 8.29. The molecule has 10 heteroatoms. The van der Waals surface area contributed by atoms with Crippen molar-refractivity contribution in [1.29, 1.82) is 0 Å².